The molecule has 2 aromatic carbocycles. The van der Waals surface area contributed by atoms with Crippen molar-refractivity contribution in [2.75, 3.05) is 7.11 Å². The molecular weight excluding hydrogens is 391 g/mol. The molecule has 150 valence electrons. The lowest BCUT2D eigenvalue weighted by atomic mass is 10.0. The van der Waals surface area contributed by atoms with Gasteiger partial charge >= 0.3 is 5.97 Å². The lowest BCUT2D eigenvalue weighted by Crippen LogP contribution is -2.08. The number of carbonyl (C=O) groups is 2. The van der Waals surface area contributed by atoms with Gasteiger partial charge in [-0.05, 0) is 67.8 Å². The van der Waals surface area contributed by atoms with Crippen molar-refractivity contribution in [3.05, 3.63) is 69.3 Å². The fourth-order valence-corrected chi connectivity index (χ4v) is 4.26. The second-order valence-corrected chi connectivity index (χ2v) is 7.89. The SMILES string of the molecule is COc1c(C)cc(-c2ccc(C(=O)c3cc(F)cc(OC(C)=O)c3C)s2)cc1C. The molecule has 0 radical (unpaired) electrons. The van der Waals surface area contributed by atoms with E-state index in [1.165, 1.54) is 24.3 Å². The molecule has 0 fully saturated rings. The third-order valence-electron chi connectivity index (χ3n) is 4.60. The van der Waals surface area contributed by atoms with Gasteiger partial charge in [-0.2, -0.15) is 0 Å². The molecule has 3 aromatic rings. The van der Waals surface area contributed by atoms with Crippen molar-refractivity contribution in [2.45, 2.75) is 27.7 Å². The first-order valence-electron chi connectivity index (χ1n) is 9.00. The highest BCUT2D eigenvalue weighted by Crippen LogP contribution is 2.35. The maximum atomic E-state index is 14.0. The fourth-order valence-electron chi connectivity index (χ4n) is 3.31. The minimum absolute atomic E-state index is 0.0547. The summed E-state index contributed by atoms with van der Waals surface area (Å²) >= 11 is 1.33. The van der Waals surface area contributed by atoms with E-state index in [9.17, 15) is 14.0 Å². The maximum absolute atomic E-state index is 14.0. The van der Waals surface area contributed by atoms with Crippen molar-refractivity contribution in [2.24, 2.45) is 0 Å². The van der Waals surface area contributed by atoms with E-state index in [4.69, 9.17) is 9.47 Å². The van der Waals surface area contributed by atoms with E-state index < -0.39 is 11.8 Å². The van der Waals surface area contributed by atoms with E-state index in [1.54, 1.807) is 20.1 Å². The van der Waals surface area contributed by atoms with E-state index in [2.05, 4.69) is 0 Å². The molecule has 0 aliphatic carbocycles. The highest BCUT2D eigenvalue weighted by Gasteiger charge is 2.20. The summed E-state index contributed by atoms with van der Waals surface area (Å²) in [7, 11) is 1.64. The van der Waals surface area contributed by atoms with Crippen LogP contribution >= 0.6 is 11.3 Å². The van der Waals surface area contributed by atoms with Crippen LogP contribution in [0.4, 0.5) is 4.39 Å². The van der Waals surface area contributed by atoms with Gasteiger partial charge in [0.1, 0.15) is 17.3 Å². The Hall–Kier alpha value is -2.99. The summed E-state index contributed by atoms with van der Waals surface area (Å²) in [5.41, 5.74) is 3.61. The quantitative estimate of drug-likeness (QED) is 0.309. The first kappa shape index (κ1) is 20.7. The van der Waals surface area contributed by atoms with Gasteiger partial charge in [0.05, 0.1) is 12.0 Å². The van der Waals surface area contributed by atoms with Gasteiger partial charge in [-0.15, -0.1) is 11.3 Å². The number of halogens is 1. The molecule has 1 aromatic heterocycles. The Morgan fingerprint density at radius 3 is 2.24 bits per heavy atom. The molecule has 0 amide bonds. The van der Waals surface area contributed by atoms with Gasteiger partial charge in [0, 0.05) is 29.0 Å². The molecule has 0 saturated carbocycles. The summed E-state index contributed by atoms with van der Waals surface area (Å²) in [5.74, 6) is -0.614. The van der Waals surface area contributed by atoms with Crippen molar-refractivity contribution in [1.82, 2.24) is 0 Å². The minimum Gasteiger partial charge on any atom is -0.496 e. The Balaban J connectivity index is 1.99. The molecule has 0 aliphatic heterocycles. The molecule has 3 rings (SSSR count). The zero-order chi connectivity index (χ0) is 21.3. The Kier molecular flexibility index (Phi) is 5.84. The molecule has 1 heterocycles. The first-order chi connectivity index (χ1) is 13.7. The van der Waals surface area contributed by atoms with Crippen LogP contribution in [0.2, 0.25) is 0 Å². The number of aryl methyl sites for hydroxylation is 2. The number of benzene rings is 2. The number of ketones is 1. The molecule has 0 unspecified atom stereocenters. The van der Waals surface area contributed by atoms with Crippen LogP contribution in [0.25, 0.3) is 10.4 Å². The molecule has 6 heteroatoms. The summed E-state index contributed by atoms with van der Waals surface area (Å²) in [6.45, 7) is 6.81. The van der Waals surface area contributed by atoms with Gasteiger partial charge < -0.3 is 9.47 Å². The molecular formula is C23H21FO4S. The molecule has 29 heavy (non-hydrogen) atoms. The number of esters is 1. The van der Waals surface area contributed by atoms with Crippen LogP contribution in [-0.2, 0) is 4.79 Å². The summed E-state index contributed by atoms with van der Waals surface area (Å²) < 4.78 is 24.5. The number of hydrogen-bond donors (Lipinski definition) is 0. The van der Waals surface area contributed by atoms with Crippen molar-refractivity contribution in [3.8, 4) is 21.9 Å². The lowest BCUT2D eigenvalue weighted by Gasteiger charge is -2.11. The van der Waals surface area contributed by atoms with Crippen molar-refractivity contribution >= 4 is 23.1 Å². The third kappa shape index (κ3) is 4.22. The van der Waals surface area contributed by atoms with E-state index in [-0.39, 0.29) is 17.1 Å². The first-order valence-corrected chi connectivity index (χ1v) is 9.81. The standard InChI is InChI=1S/C23H21FO4S/c1-12-8-16(9-13(2)23(12)27-5)20-6-7-21(29-20)22(26)18-10-17(24)11-19(14(18)3)28-15(4)25/h6-11H,1-5H3. The van der Waals surface area contributed by atoms with Crippen LogP contribution in [0.15, 0.2) is 36.4 Å². The van der Waals surface area contributed by atoms with Crippen molar-refractivity contribution in [3.63, 3.8) is 0 Å². The van der Waals surface area contributed by atoms with Crippen LogP contribution in [0.5, 0.6) is 11.5 Å². The fraction of sp³-hybridized carbons (Fsp3) is 0.217. The largest absolute Gasteiger partial charge is 0.496 e. The van der Waals surface area contributed by atoms with Gasteiger partial charge in [0.2, 0.25) is 5.78 Å². The van der Waals surface area contributed by atoms with Gasteiger partial charge in [-0.3, -0.25) is 9.59 Å². The van der Waals surface area contributed by atoms with Gasteiger partial charge in [-0.1, -0.05) is 0 Å². The average molecular weight is 412 g/mol. The number of hydrogen-bond acceptors (Lipinski definition) is 5. The summed E-state index contributed by atoms with van der Waals surface area (Å²) in [6, 6.07) is 9.91. The molecule has 0 bridgehead atoms. The van der Waals surface area contributed by atoms with Crippen LogP contribution in [-0.4, -0.2) is 18.9 Å². The van der Waals surface area contributed by atoms with Gasteiger partial charge in [-0.25, -0.2) is 4.39 Å². The third-order valence-corrected chi connectivity index (χ3v) is 5.73. The minimum atomic E-state index is -0.631. The normalized spacial score (nSPS) is 10.7. The Morgan fingerprint density at radius 2 is 1.66 bits per heavy atom. The Morgan fingerprint density at radius 1 is 1.00 bits per heavy atom. The number of carbonyl (C=O) groups excluding carboxylic acids is 2. The van der Waals surface area contributed by atoms with Crippen molar-refractivity contribution < 1.29 is 23.5 Å². The van der Waals surface area contributed by atoms with E-state index in [1.807, 2.05) is 32.0 Å². The molecule has 0 N–H and O–H groups in total. The number of ether oxygens (including phenoxy) is 2. The van der Waals surface area contributed by atoms with E-state index >= 15 is 0 Å². The average Bonchev–Trinajstić information content (AvgIpc) is 3.13. The monoisotopic (exact) mass is 412 g/mol. The second-order valence-electron chi connectivity index (χ2n) is 6.81. The second kappa shape index (κ2) is 8.17. The Bertz CT molecular complexity index is 1090. The van der Waals surface area contributed by atoms with Crippen LogP contribution in [0, 0.1) is 26.6 Å². The predicted molar refractivity (Wildman–Crippen MR) is 112 cm³/mol. The number of methoxy groups -OCH3 is 1. The molecule has 0 aliphatic rings. The van der Waals surface area contributed by atoms with Crippen LogP contribution in [0.3, 0.4) is 0 Å². The maximum Gasteiger partial charge on any atom is 0.308 e. The lowest BCUT2D eigenvalue weighted by molar-refractivity contribution is -0.131. The zero-order valence-electron chi connectivity index (χ0n) is 16.9. The summed E-state index contributed by atoms with van der Waals surface area (Å²) in [5, 5.41) is 0. The zero-order valence-corrected chi connectivity index (χ0v) is 17.7. The highest BCUT2D eigenvalue weighted by atomic mass is 32.1. The molecule has 0 spiro atoms. The predicted octanol–water partition coefficient (Wildman–Crippen LogP) is 5.64. The van der Waals surface area contributed by atoms with Crippen molar-refractivity contribution in [1.29, 1.82) is 0 Å². The Labute approximate surface area is 172 Å². The number of thiophene rings is 1. The van der Waals surface area contributed by atoms with E-state index in [0.29, 0.717) is 10.4 Å². The van der Waals surface area contributed by atoms with Crippen LogP contribution < -0.4 is 9.47 Å². The van der Waals surface area contributed by atoms with Crippen LogP contribution in [0.1, 0.15) is 38.8 Å². The molecule has 0 saturated heterocycles. The summed E-state index contributed by atoms with van der Waals surface area (Å²) in [4.78, 5) is 25.7. The van der Waals surface area contributed by atoms with Gasteiger partial charge in [0.15, 0.2) is 0 Å². The highest BCUT2D eigenvalue weighted by molar-refractivity contribution is 7.17. The van der Waals surface area contributed by atoms with E-state index in [0.717, 1.165) is 33.4 Å². The summed E-state index contributed by atoms with van der Waals surface area (Å²) in [6.07, 6.45) is 0. The molecule has 0 atom stereocenters. The number of rotatable bonds is 5. The molecule has 4 nitrogen and oxygen atoms in total. The van der Waals surface area contributed by atoms with Gasteiger partial charge in [0.25, 0.3) is 0 Å². The topological polar surface area (TPSA) is 52.6 Å². The smallest absolute Gasteiger partial charge is 0.308 e.